The fourth-order valence-electron chi connectivity index (χ4n) is 2.40. The quantitative estimate of drug-likeness (QED) is 0.722. The van der Waals surface area contributed by atoms with Crippen LogP contribution in [-0.2, 0) is 12.8 Å². The normalized spacial score (nSPS) is 17.8. The standard InChI is InChI=1S/C13H16O/c1-2-7-13(10-14)8-11-5-3-4-6-12(11)9-13/h2-6,14H,1,7-10H2. The summed E-state index contributed by atoms with van der Waals surface area (Å²) in [7, 11) is 0. The summed E-state index contributed by atoms with van der Waals surface area (Å²) < 4.78 is 0. The summed E-state index contributed by atoms with van der Waals surface area (Å²) in [5.74, 6) is 0. The van der Waals surface area contributed by atoms with Crippen molar-refractivity contribution in [2.45, 2.75) is 19.3 Å². The van der Waals surface area contributed by atoms with Crippen molar-refractivity contribution < 1.29 is 5.11 Å². The predicted octanol–water partition coefficient (Wildman–Crippen LogP) is 2.34. The van der Waals surface area contributed by atoms with E-state index in [1.54, 1.807) is 0 Å². The number of aliphatic hydroxyl groups excluding tert-OH is 1. The van der Waals surface area contributed by atoms with E-state index < -0.39 is 0 Å². The number of rotatable bonds is 3. The molecule has 1 heteroatoms. The summed E-state index contributed by atoms with van der Waals surface area (Å²) in [5, 5.41) is 9.47. The van der Waals surface area contributed by atoms with Crippen LogP contribution >= 0.6 is 0 Å². The van der Waals surface area contributed by atoms with Gasteiger partial charge < -0.3 is 5.11 Å². The van der Waals surface area contributed by atoms with Gasteiger partial charge in [-0.15, -0.1) is 6.58 Å². The van der Waals surface area contributed by atoms with Crippen molar-refractivity contribution >= 4 is 0 Å². The Morgan fingerprint density at radius 3 is 2.29 bits per heavy atom. The zero-order chi connectivity index (χ0) is 10.0. The first-order valence-corrected chi connectivity index (χ1v) is 5.08. The predicted molar refractivity (Wildman–Crippen MR) is 58.2 cm³/mol. The lowest BCUT2D eigenvalue weighted by Crippen LogP contribution is -2.25. The average Bonchev–Trinajstić information content (AvgIpc) is 2.57. The highest BCUT2D eigenvalue weighted by Gasteiger charge is 2.35. The van der Waals surface area contributed by atoms with E-state index in [9.17, 15) is 5.11 Å². The van der Waals surface area contributed by atoms with Gasteiger partial charge in [-0.05, 0) is 30.4 Å². The molecule has 0 bridgehead atoms. The molecular weight excluding hydrogens is 172 g/mol. The molecule has 2 rings (SSSR count). The zero-order valence-corrected chi connectivity index (χ0v) is 8.37. The first-order chi connectivity index (χ1) is 6.79. The van der Waals surface area contributed by atoms with E-state index >= 15 is 0 Å². The van der Waals surface area contributed by atoms with Crippen LogP contribution in [0.2, 0.25) is 0 Å². The van der Waals surface area contributed by atoms with Gasteiger partial charge >= 0.3 is 0 Å². The lowest BCUT2D eigenvalue weighted by atomic mass is 9.82. The highest BCUT2D eigenvalue weighted by molar-refractivity contribution is 5.34. The van der Waals surface area contributed by atoms with Gasteiger partial charge in [0.25, 0.3) is 0 Å². The topological polar surface area (TPSA) is 20.2 Å². The van der Waals surface area contributed by atoms with Crippen LogP contribution in [0.3, 0.4) is 0 Å². The number of fused-ring (bicyclic) bond motifs is 1. The third-order valence-electron chi connectivity index (χ3n) is 3.16. The molecule has 0 saturated carbocycles. The Bertz CT molecular complexity index is 316. The molecule has 0 saturated heterocycles. The Hall–Kier alpha value is -1.08. The fourth-order valence-corrected chi connectivity index (χ4v) is 2.40. The molecule has 1 aliphatic carbocycles. The van der Waals surface area contributed by atoms with Gasteiger partial charge in [-0.25, -0.2) is 0 Å². The van der Waals surface area contributed by atoms with E-state index in [0.29, 0.717) is 0 Å². The third-order valence-corrected chi connectivity index (χ3v) is 3.16. The highest BCUT2D eigenvalue weighted by Crippen LogP contribution is 2.39. The van der Waals surface area contributed by atoms with Gasteiger partial charge in [0.15, 0.2) is 0 Å². The van der Waals surface area contributed by atoms with E-state index in [1.807, 2.05) is 6.08 Å². The van der Waals surface area contributed by atoms with E-state index in [-0.39, 0.29) is 12.0 Å². The van der Waals surface area contributed by atoms with Crippen molar-refractivity contribution in [1.82, 2.24) is 0 Å². The Morgan fingerprint density at radius 1 is 1.29 bits per heavy atom. The second-order valence-corrected chi connectivity index (χ2v) is 4.27. The molecule has 0 heterocycles. The zero-order valence-electron chi connectivity index (χ0n) is 8.37. The Balaban J connectivity index is 2.27. The minimum Gasteiger partial charge on any atom is -0.396 e. The van der Waals surface area contributed by atoms with Crippen LogP contribution in [-0.4, -0.2) is 11.7 Å². The molecule has 0 amide bonds. The lowest BCUT2D eigenvalue weighted by Gasteiger charge is -2.24. The van der Waals surface area contributed by atoms with Crippen molar-refractivity contribution in [3.8, 4) is 0 Å². The molecule has 1 N–H and O–H groups in total. The Morgan fingerprint density at radius 2 is 1.86 bits per heavy atom. The van der Waals surface area contributed by atoms with Gasteiger partial charge in [-0.3, -0.25) is 0 Å². The molecule has 14 heavy (non-hydrogen) atoms. The second-order valence-electron chi connectivity index (χ2n) is 4.27. The van der Waals surface area contributed by atoms with Crippen LogP contribution in [0.25, 0.3) is 0 Å². The van der Waals surface area contributed by atoms with Crippen molar-refractivity contribution in [3.05, 3.63) is 48.0 Å². The Kier molecular flexibility index (Phi) is 2.42. The van der Waals surface area contributed by atoms with Crippen molar-refractivity contribution in [3.63, 3.8) is 0 Å². The summed E-state index contributed by atoms with van der Waals surface area (Å²) in [4.78, 5) is 0. The minimum atomic E-state index is 0.0332. The van der Waals surface area contributed by atoms with Gasteiger partial charge in [0.2, 0.25) is 0 Å². The molecule has 1 nitrogen and oxygen atoms in total. The highest BCUT2D eigenvalue weighted by atomic mass is 16.3. The van der Waals surface area contributed by atoms with Crippen LogP contribution in [0.5, 0.6) is 0 Å². The first-order valence-electron chi connectivity index (χ1n) is 5.08. The van der Waals surface area contributed by atoms with E-state index in [0.717, 1.165) is 19.3 Å². The molecule has 0 fully saturated rings. The SMILES string of the molecule is C=CCC1(CO)Cc2ccccc2C1. The molecule has 0 radical (unpaired) electrons. The number of benzene rings is 1. The largest absolute Gasteiger partial charge is 0.396 e. The van der Waals surface area contributed by atoms with Crippen molar-refractivity contribution in [1.29, 1.82) is 0 Å². The lowest BCUT2D eigenvalue weighted by molar-refractivity contribution is 0.136. The van der Waals surface area contributed by atoms with Gasteiger partial charge in [-0.1, -0.05) is 30.3 Å². The summed E-state index contributed by atoms with van der Waals surface area (Å²) in [5.41, 5.74) is 2.82. The molecule has 0 atom stereocenters. The molecule has 0 aromatic heterocycles. The minimum absolute atomic E-state index is 0.0332. The van der Waals surface area contributed by atoms with Crippen molar-refractivity contribution in [2.75, 3.05) is 6.61 Å². The Labute approximate surface area is 85.1 Å². The first kappa shape index (κ1) is 9.47. The summed E-state index contributed by atoms with van der Waals surface area (Å²) in [6.45, 7) is 4.03. The van der Waals surface area contributed by atoms with Crippen LogP contribution < -0.4 is 0 Å². The number of allylic oxidation sites excluding steroid dienone is 1. The van der Waals surface area contributed by atoms with Crippen molar-refractivity contribution in [2.24, 2.45) is 5.41 Å². The molecule has 1 aliphatic rings. The molecular formula is C13H16O. The maximum Gasteiger partial charge on any atom is 0.0496 e. The summed E-state index contributed by atoms with van der Waals surface area (Å²) >= 11 is 0. The van der Waals surface area contributed by atoms with Gasteiger partial charge in [0.05, 0.1) is 0 Å². The molecule has 1 aromatic carbocycles. The second kappa shape index (κ2) is 3.58. The molecule has 0 aliphatic heterocycles. The average molecular weight is 188 g/mol. The van der Waals surface area contributed by atoms with E-state index in [2.05, 4.69) is 30.8 Å². The molecule has 1 aromatic rings. The number of hydrogen-bond donors (Lipinski definition) is 1. The van der Waals surface area contributed by atoms with E-state index in [1.165, 1.54) is 11.1 Å². The van der Waals surface area contributed by atoms with Crippen LogP contribution in [0.1, 0.15) is 17.5 Å². The number of aliphatic hydroxyl groups is 1. The maximum absolute atomic E-state index is 9.47. The third kappa shape index (κ3) is 1.48. The summed E-state index contributed by atoms with van der Waals surface area (Å²) in [6.07, 6.45) is 4.80. The van der Waals surface area contributed by atoms with Gasteiger partial charge in [-0.2, -0.15) is 0 Å². The van der Waals surface area contributed by atoms with Crippen LogP contribution in [0.15, 0.2) is 36.9 Å². The van der Waals surface area contributed by atoms with Gasteiger partial charge in [0, 0.05) is 12.0 Å². The van der Waals surface area contributed by atoms with Crippen LogP contribution in [0.4, 0.5) is 0 Å². The molecule has 0 unspecified atom stereocenters. The maximum atomic E-state index is 9.47. The molecule has 74 valence electrons. The number of hydrogen-bond acceptors (Lipinski definition) is 1. The molecule has 0 spiro atoms. The smallest absolute Gasteiger partial charge is 0.0496 e. The summed E-state index contributed by atoms with van der Waals surface area (Å²) in [6, 6.07) is 8.46. The van der Waals surface area contributed by atoms with Crippen LogP contribution in [0, 0.1) is 5.41 Å². The monoisotopic (exact) mass is 188 g/mol. The van der Waals surface area contributed by atoms with E-state index in [4.69, 9.17) is 0 Å². The fraction of sp³-hybridized carbons (Fsp3) is 0.385. The van der Waals surface area contributed by atoms with Gasteiger partial charge in [0.1, 0.15) is 0 Å².